The van der Waals surface area contributed by atoms with Gasteiger partial charge in [0.15, 0.2) is 0 Å². The van der Waals surface area contributed by atoms with Gasteiger partial charge in [-0.05, 0) is 36.3 Å². The number of nitrogens with two attached hydrogens (primary N) is 1. The largest absolute Gasteiger partial charge is 0.349 e. The standard InChI is InChI=1S/C18H28N2O.ClH/c1-12(20-17(21)15-6-5-7-16(15)19)13-8-10-14(11-9-13)18(2,3)4;/h8-12,15-16H,5-7,19H2,1-4H3,(H,20,21);1H. The first kappa shape index (κ1) is 19.0. The summed E-state index contributed by atoms with van der Waals surface area (Å²) in [5.74, 6) is 0.0914. The number of benzene rings is 1. The smallest absolute Gasteiger partial charge is 0.225 e. The summed E-state index contributed by atoms with van der Waals surface area (Å²) in [6.45, 7) is 8.64. The van der Waals surface area contributed by atoms with Gasteiger partial charge in [-0.3, -0.25) is 4.79 Å². The molecule has 22 heavy (non-hydrogen) atoms. The van der Waals surface area contributed by atoms with Crippen LogP contribution in [-0.2, 0) is 10.2 Å². The van der Waals surface area contributed by atoms with Gasteiger partial charge in [0.2, 0.25) is 5.91 Å². The second kappa shape index (κ2) is 7.47. The van der Waals surface area contributed by atoms with Crippen LogP contribution in [0, 0.1) is 5.92 Å². The average molecular weight is 325 g/mol. The number of hydrogen-bond donors (Lipinski definition) is 2. The van der Waals surface area contributed by atoms with Crippen LogP contribution in [0.1, 0.15) is 64.1 Å². The van der Waals surface area contributed by atoms with Crippen molar-refractivity contribution < 1.29 is 4.79 Å². The molecule has 1 aliphatic rings. The van der Waals surface area contributed by atoms with E-state index in [2.05, 4.69) is 50.4 Å². The van der Waals surface area contributed by atoms with Gasteiger partial charge in [0.1, 0.15) is 0 Å². The minimum Gasteiger partial charge on any atom is -0.349 e. The Morgan fingerprint density at radius 1 is 1.23 bits per heavy atom. The summed E-state index contributed by atoms with van der Waals surface area (Å²) in [6.07, 6.45) is 2.95. The lowest BCUT2D eigenvalue weighted by molar-refractivity contribution is -0.125. The van der Waals surface area contributed by atoms with Gasteiger partial charge in [-0.1, -0.05) is 51.5 Å². The number of amides is 1. The maximum absolute atomic E-state index is 12.3. The van der Waals surface area contributed by atoms with E-state index in [0.717, 1.165) is 24.8 Å². The maximum Gasteiger partial charge on any atom is 0.225 e. The van der Waals surface area contributed by atoms with Crippen LogP contribution in [0.25, 0.3) is 0 Å². The summed E-state index contributed by atoms with van der Waals surface area (Å²) in [5, 5.41) is 3.11. The van der Waals surface area contributed by atoms with E-state index >= 15 is 0 Å². The molecule has 1 aliphatic carbocycles. The molecule has 1 aromatic rings. The normalized spacial score (nSPS) is 22.8. The molecule has 0 aromatic heterocycles. The molecular formula is C18H29ClN2O. The highest BCUT2D eigenvalue weighted by Gasteiger charge is 2.30. The predicted octanol–water partition coefficient (Wildman–Crippen LogP) is 3.71. The van der Waals surface area contributed by atoms with Crippen molar-refractivity contribution in [2.24, 2.45) is 11.7 Å². The molecule has 3 unspecified atom stereocenters. The molecule has 3 atom stereocenters. The highest BCUT2D eigenvalue weighted by atomic mass is 35.5. The lowest BCUT2D eigenvalue weighted by Gasteiger charge is -2.22. The monoisotopic (exact) mass is 324 g/mol. The molecule has 4 heteroatoms. The van der Waals surface area contributed by atoms with E-state index in [1.807, 2.05) is 6.92 Å². The predicted molar refractivity (Wildman–Crippen MR) is 94.3 cm³/mol. The molecule has 0 radical (unpaired) electrons. The zero-order valence-corrected chi connectivity index (χ0v) is 14.9. The van der Waals surface area contributed by atoms with Gasteiger partial charge < -0.3 is 11.1 Å². The highest BCUT2D eigenvalue weighted by molar-refractivity contribution is 5.85. The number of halogens is 1. The molecule has 2 rings (SSSR count). The van der Waals surface area contributed by atoms with E-state index in [0.29, 0.717) is 0 Å². The molecule has 3 N–H and O–H groups in total. The number of hydrogen-bond acceptors (Lipinski definition) is 2. The van der Waals surface area contributed by atoms with Crippen molar-refractivity contribution in [2.45, 2.75) is 64.5 Å². The Morgan fingerprint density at radius 2 is 1.82 bits per heavy atom. The van der Waals surface area contributed by atoms with Crippen LogP contribution in [-0.4, -0.2) is 11.9 Å². The first-order valence-corrected chi connectivity index (χ1v) is 7.95. The van der Waals surface area contributed by atoms with Gasteiger partial charge in [0.05, 0.1) is 12.0 Å². The molecule has 1 fully saturated rings. The molecule has 1 saturated carbocycles. The highest BCUT2D eigenvalue weighted by Crippen LogP contribution is 2.26. The molecule has 1 amide bonds. The van der Waals surface area contributed by atoms with Gasteiger partial charge in [-0.25, -0.2) is 0 Å². The fourth-order valence-corrected chi connectivity index (χ4v) is 2.99. The Bertz CT molecular complexity index is 493. The minimum absolute atomic E-state index is 0. The third-order valence-electron chi connectivity index (χ3n) is 4.54. The fourth-order valence-electron chi connectivity index (χ4n) is 2.99. The SMILES string of the molecule is CC(NC(=O)C1CCCC1N)c1ccc(C(C)(C)C)cc1.Cl. The molecule has 0 spiro atoms. The summed E-state index contributed by atoms with van der Waals surface area (Å²) in [5.41, 5.74) is 8.61. The molecule has 3 nitrogen and oxygen atoms in total. The first-order chi connectivity index (χ1) is 9.79. The zero-order valence-electron chi connectivity index (χ0n) is 14.1. The van der Waals surface area contributed by atoms with E-state index < -0.39 is 0 Å². The van der Waals surface area contributed by atoms with Crippen LogP contribution >= 0.6 is 12.4 Å². The zero-order chi connectivity index (χ0) is 15.6. The third kappa shape index (κ3) is 4.47. The van der Waals surface area contributed by atoms with Gasteiger partial charge in [0.25, 0.3) is 0 Å². The maximum atomic E-state index is 12.3. The van der Waals surface area contributed by atoms with E-state index in [1.165, 1.54) is 5.56 Å². The lowest BCUT2D eigenvalue weighted by atomic mass is 9.86. The van der Waals surface area contributed by atoms with Crippen molar-refractivity contribution in [2.75, 3.05) is 0 Å². The van der Waals surface area contributed by atoms with E-state index in [-0.39, 0.29) is 41.7 Å². The molecule has 0 heterocycles. The molecule has 1 aromatic carbocycles. The number of rotatable bonds is 3. The number of carbonyl (C=O) groups excluding carboxylic acids is 1. The van der Waals surface area contributed by atoms with Crippen molar-refractivity contribution in [1.82, 2.24) is 5.32 Å². The van der Waals surface area contributed by atoms with Gasteiger partial charge in [-0.2, -0.15) is 0 Å². The van der Waals surface area contributed by atoms with Crippen LogP contribution in [0.2, 0.25) is 0 Å². The van der Waals surface area contributed by atoms with Gasteiger partial charge in [-0.15, -0.1) is 12.4 Å². The first-order valence-electron chi connectivity index (χ1n) is 7.95. The Morgan fingerprint density at radius 3 is 2.27 bits per heavy atom. The van der Waals surface area contributed by atoms with Crippen LogP contribution in [0.3, 0.4) is 0 Å². The van der Waals surface area contributed by atoms with Crippen LogP contribution < -0.4 is 11.1 Å². The fraction of sp³-hybridized carbons (Fsp3) is 0.611. The summed E-state index contributed by atoms with van der Waals surface area (Å²) in [4.78, 5) is 12.3. The topological polar surface area (TPSA) is 55.1 Å². The average Bonchev–Trinajstić information content (AvgIpc) is 2.84. The van der Waals surface area contributed by atoms with Crippen molar-refractivity contribution in [1.29, 1.82) is 0 Å². The molecular weight excluding hydrogens is 296 g/mol. The second-order valence-corrected chi connectivity index (χ2v) is 7.30. The summed E-state index contributed by atoms with van der Waals surface area (Å²) >= 11 is 0. The summed E-state index contributed by atoms with van der Waals surface area (Å²) < 4.78 is 0. The Hall–Kier alpha value is -1.06. The third-order valence-corrected chi connectivity index (χ3v) is 4.54. The van der Waals surface area contributed by atoms with Crippen molar-refractivity contribution in [3.05, 3.63) is 35.4 Å². The van der Waals surface area contributed by atoms with Crippen molar-refractivity contribution >= 4 is 18.3 Å². The van der Waals surface area contributed by atoms with Gasteiger partial charge in [0, 0.05) is 6.04 Å². The summed E-state index contributed by atoms with van der Waals surface area (Å²) in [6, 6.07) is 8.58. The Kier molecular flexibility index (Phi) is 6.45. The molecule has 0 saturated heterocycles. The van der Waals surface area contributed by atoms with E-state index in [4.69, 9.17) is 5.73 Å². The minimum atomic E-state index is -0.0127. The molecule has 0 bridgehead atoms. The lowest BCUT2D eigenvalue weighted by Crippen LogP contribution is -2.39. The quantitative estimate of drug-likeness (QED) is 0.890. The van der Waals surface area contributed by atoms with E-state index in [1.54, 1.807) is 0 Å². The molecule has 0 aliphatic heterocycles. The van der Waals surface area contributed by atoms with Crippen molar-refractivity contribution in [3.63, 3.8) is 0 Å². The van der Waals surface area contributed by atoms with Crippen molar-refractivity contribution in [3.8, 4) is 0 Å². The van der Waals surface area contributed by atoms with Crippen LogP contribution in [0.4, 0.5) is 0 Å². The second-order valence-electron chi connectivity index (χ2n) is 7.30. The Balaban J connectivity index is 0.00000242. The van der Waals surface area contributed by atoms with Gasteiger partial charge >= 0.3 is 0 Å². The summed E-state index contributed by atoms with van der Waals surface area (Å²) in [7, 11) is 0. The van der Waals surface area contributed by atoms with Crippen LogP contribution in [0.5, 0.6) is 0 Å². The number of nitrogens with one attached hydrogen (secondary N) is 1. The number of carbonyl (C=O) groups is 1. The Labute approximate surface area is 140 Å². The van der Waals surface area contributed by atoms with Crippen LogP contribution in [0.15, 0.2) is 24.3 Å². The van der Waals surface area contributed by atoms with E-state index in [9.17, 15) is 4.79 Å². The molecule has 124 valence electrons.